The van der Waals surface area contributed by atoms with Crippen molar-refractivity contribution in [3.63, 3.8) is 0 Å². The lowest BCUT2D eigenvalue weighted by atomic mass is 10.2. The number of carbonyl (C=O) groups is 1. The molecule has 1 aromatic heterocycles. The first kappa shape index (κ1) is 8.74. The summed E-state index contributed by atoms with van der Waals surface area (Å²) < 4.78 is 4.60. The predicted octanol–water partition coefficient (Wildman–Crippen LogP) is 2.36. The van der Waals surface area contributed by atoms with Crippen molar-refractivity contribution < 1.29 is 9.53 Å². The lowest BCUT2D eigenvalue weighted by Gasteiger charge is -2.04. The quantitative estimate of drug-likeness (QED) is 0.591. The number of hydrogen-bond donors (Lipinski definition) is 0. The molecule has 0 bridgehead atoms. The molecule has 2 nitrogen and oxygen atoms in total. The molecule has 0 saturated heterocycles. The molecule has 0 aromatic carbocycles. The first-order valence-corrected chi connectivity index (χ1v) is 4.92. The fraction of sp³-hybridized carbons (Fsp3) is 0.286. The van der Waals surface area contributed by atoms with Crippen molar-refractivity contribution in [3.05, 3.63) is 22.4 Å². The number of rotatable bonds is 4. The van der Waals surface area contributed by atoms with E-state index < -0.39 is 0 Å². The van der Waals surface area contributed by atoms with Gasteiger partial charge in [0.1, 0.15) is 6.61 Å². The molecule has 0 fully saturated rings. The Morgan fingerprint density at radius 2 is 2.64 bits per heavy atom. The molecule has 0 aliphatic rings. The Bertz CT molecular complexity index is 210. The van der Waals surface area contributed by atoms with E-state index in [-0.39, 0.29) is 4.83 Å². The SMILES string of the molecule is O=COCC(Br)c1ccsc1. The molecule has 1 rings (SSSR count). The number of alkyl halides is 1. The highest BCUT2D eigenvalue weighted by Gasteiger charge is 2.06. The minimum atomic E-state index is 0.124. The Kier molecular flexibility index (Phi) is 3.59. The molecule has 0 radical (unpaired) electrons. The highest BCUT2D eigenvalue weighted by molar-refractivity contribution is 9.09. The standard InChI is InChI=1S/C7H7BrO2S/c8-7(3-10-5-9)6-1-2-11-4-6/h1-2,4-5,7H,3H2. The van der Waals surface area contributed by atoms with E-state index in [1.165, 1.54) is 0 Å². The normalized spacial score (nSPS) is 12.5. The zero-order valence-electron chi connectivity index (χ0n) is 5.70. The second-order valence-corrected chi connectivity index (χ2v) is 3.84. The van der Waals surface area contributed by atoms with Crippen LogP contribution in [0.15, 0.2) is 16.8 Å². The summed E-state index contributed by atoms with van der Waals surface area (Å²) in [6, 6.07) is 2.00. The molecule has 1 atom stereocenters. The van der Waals surface area contributed by atoms with Crippen LogP contribution in [0, 0.1) is 0 Å². The molecule has 0 spiro atoms. The molecule has 0 N–H and O–H groups in total. The monoisotopic (exact) mass is 234 g/mol. The maximum atomic E-state index is 9.84. The van der Waals surface area contributed by atoms with Crippen LogP contribution in [0.4, 0.5) is 0 Å². The van der Waals surface area contributed by atoms with E-state index in [0.29, 0.717) is 13.1 Å². The average Bonchev–Trinajstić information content (AvgIpc) is 2.52. The zero-order chi connectivity index (χ0) is 8.10. The van der Waals surface area contributed by atoms with Gasteiger partial charge in [-0.15, -0.1) is 0 Å². The van der Waals surface area contributed by atoms with Crippen LogP contribution in [0.5, 0.6) is 0 Å². The molecule has 0 amide bonds. The molecule has 11 heavy (non-hydrogen) atoms. The number of hydrogen-bond acceptors (Lipinski definition) is 3. The summed E-state index contributed by atoms with van der Waals surface area (Å²) >= 11 is 5.02. The maximum Gasteiger partial charge on any atom is 0.293 e. The Balaban J connectivity index is 2.42. The van der Waals surface area contributed by atoms with Crippen LogP contribution in [0.25, 0.3) is 0 Å². The minimum Gasteiger partial charge on any atom is -0.466 e. The third-order valence-electron chi connectivity index (χ3n) is 1.22. The maximum absolute atomic E-state index is 9.84. The van der Waals surface area contributed by atoms with E-state index >= 15 is 0 Å². The third kappa shape index (κ3) is 2.63. The van der Waals surface area contributed by atoms with Crippen molar-refractivity contribution in [1.82, 2.24) is 0 Å². The number of carbonyl (C=O) groups excluding carboxylic acids is 1. The molecule has 0 aliphatic heterocycles. The molecule has 1 aromatic rings. The van der Waals surface area contributed by atoms with Crippen LogP contribution >= 0.6 is 27.3 Å². The topological polar surface area (TPSA) is 26.3 Å². The first-order chi connectivity index (χ1) is 5.34. The summed E-state index contributed by atoms with van der Waals surface area (Å²) in [5, 5.41) is 4.01. The predicted molar refractivity (Wildman–Crippen MR) is 48.0 cm³/mol. The van der Waals surface area contributed by atoms with Crippen LogP contribution in [-0.2, 0) is 9.53 Å². The Morgan fingerprint density at radius 3 is 3.18 bits per heavy atom. The molecule has 0 aliphatic carbocycles. The molecule has 0 saturated carbocycles. The lowest BCUT2D eigenvalue weighted by molar-refractivity contribution is -0.128. The van der Waals surface area contributed by atoms with Crippen LogP contribution in [0.2, 0.25) is 0 Å². The highest BCUT2D eigenvalue weighted by Crippen LogP contribution is 2.24. The zero-order valence-corrected chi connectivity index (χ0v) is 8.10. The van der Waals surface area contributed by atoms with Crippen LogP contribution in [0.1, 0.15) is 10.4 Å². The fourth-order valence-corrected chi connectivity index (χ4v) is 2.00. The van der Waals surface area contributed by atoms with Gasteiger partial charge in [-0.25, -0.2) is 0 Å². The van der Waals surface area contributed by atoms with Crippen LogP contribution in [0.3, 0.4) is 0 Å². The van der Waals surface area contributed by atoms with Crippen molar-refractivity contribution in [1.29, 1.82) is 0 Å². The third-order valence-corrected chi connectivity index (χ3v) is 2.71. The Labute approximate surface area is 77.3 Å². The van der Waals surface area contributed by atoms with Gasteiger partial charge in [0.15, 0.2) is 0 Å². The molecular formula is C7H7BrO2S. The van der Waals surface area contributed by atoms with E-state index in [2.05, 4.69) is 20.7 Å². The Hall–Kier alpha value is -0.350. The molecule has 1 heterocycles. The van der Waals surface area contributed by atoms with E-state index in [4.69, 9.17) is 0 Å². The van der Waals surface area contributed by atoms with E-state index in [1.54, 1.807) is 11.3 Å². The van der Waals surface area contributed by atoms with Gasteiger partial charge in [-0.1, -0.05) is 15.9 Å². The molecule has 4 heteroatoms. The number of ether oxygens (including phenoxy) is 1. The van der Waals surface area contributed by atoms with Gasteiger partial charge in [0, 0.05) is 0 Å². The summed E-state index contributed by atoms with van der Waals surface area (Å²) in [7, 11) is 0. The van der Waals surface area contributed by atoms with Gasteiger partial charge in [-0.2, -0.15) is 11.3 Å². The summed E-state index contributed by atoms with van der Waals surface area (Å²) in [5.74, 6) is 0. The number of thiophene rings is 1. The minimum absolute atomic E-state index is 0.124. The van der Waals surface area contributed by atoms with Gasteiger partial charge in [0.2, 0.25) is 0 Å². The average molecular weight is 235 g/mol. The van der Waals surface area contributed by atoms with Gasteiger partial charge in [-0.05, 0) is 22.4 Å². The summed E-state index contributed by atoms with van der Waals surface area (Å²) in [6.07, 6.45) is 0. The fourth-order valence-electron chi connectivity index (χ4n) is 0.673. The van der Waals surface area contributed by atoms with Crippen molar-refractivity contribution in [3.8, 4) is 0 Å². The van der Waals surface area contributed by atoms with Crippen molar-refractivity contribution in [2.45, 2.75) is 4.83 Å². The highest BCUT2D eigenvalue weighted by atomic mass is 79.9. The van der Waals surface area contributed by atoms with E-state index in [1.807, 2.05) is 16.8 Å². The Morgan fingerprint density at radius 1 is 1.82 bits per heavy atom. The summed E-state index contributed by atoms with van der Waals surface area (Å²) in [4.78, 5) is 9.96. The molecular weight excluding hydrogens is 228 g/mol. The van der Waals surface area contributed by atoms with Gasteiger partial charge >= 0.3 is 0 Å². The lowest BCUT2D eigenvalue weighted by Crippen LogP contribution is -1.98. The van der Waals surface area contributed by atoms with E-state index in [9.17, 15) is 4.79 Å². The van der Waals surface area contributed by atoms with Crippen molar-refractivity contribution in [2.75, 3.05) is 6.61 Å². The van der Waals surface area contributed by atoms with E-state index in [0.717, 1.165) is 5.56 Å². The van der Waals surface area contributed by atoms with Crippen LogP contribution < -0.4 is 0 Å². The van der Waals surface area contributed by atoms with Crippen molar-refractivity contribution >= 4 is 33.7 Å². The van der Waals surface area contributed by atoms with Crippen molar-refractivity contribution in [2.24, 2.45) is 0 Å². The summed E-state index contributed by atoms with van der Waals surface area (Å²) in [5.41, 5.74) is 1.15. The molecule has 1 unspecified atom stereocenters. The smallest absolute Gasteiger partial charge is 0.293 e. The van der Waals surface area contributed by atoms with Gasteiger partial charge in [0.25, 0.3) is 6.47 Å². The van der Waals surface area contributed by atoms with Gasteiger partial charge < -0.3 is 4.74 Å². The second kappa shape index (κ2) is 4.51. The second-order valence-electron chi connectivity index (χ2n) is 1.95. The number of halogens is 1. The van der Waals surface area contributed by atoms with Gasteiger partial charge in [-0.3, -0.25) is 4.79 Å². The van der Waals surface area contributed by atoms with Gasteiger partial charge in [0.05, 0.1) is 4.83 Å². The van der Waals surface area contributed by atoms with Crippen LogP contribution in [-0.4, -0.2) is 13.1 Å². The summed E-state index contributed by atoms with van der Waals surface area (Å²) in [6.45, 7) is 0.848. The largest absolute Gasteiger partial charge is 0.466 e. The molecule has 60 valence electrons. The first-order valence-electron chi connectivity index (χ1n) is 3.06.